The molecule has 0 aromatic heterocycles. The Bertz CT molecular complexity index is 267. The molecule has 0 saturated carbocycles. The van der Waals surface area contributed by atoms with Crippen LogP contribution in [0.4, 0.5) is 0 Å². The molecule has 0 bridgehead atoms. The summed E-state index contributed by atoms with van der Waals surface area (Å²) in [5, 5.41) is 44.8. The molecule has 0 aliphatic rings. The van der Waals surface area contributed by atoms with Gasteiger partial charge in [-0.1, -0.05) is 160 Å². The Balaban J connectivity index is -0.000000105. The molecule has 4 nitrogen and oxygen atoms in total. The van der Waals surface area contributed by atoms with Crippen molar-refractivity contribution in [2.45, 2.75) is 183 Å². The van der Waals surface area contributed by atoms with E-state index in [4.69, 9.17) is 0 Å². The van der Waals surface area contributed by atoms with Gasteiger partial charge in [-0.05, 0) is 0 Å². The molecule has 0 amide bonds. The van der Waals surface area contributed by atoms with E-state index >= 15 is 0 Å². The van der Waals surface area contributed by atoms with Crippen molar-refractivity contribution in [2.24, 2.45) is 0 Å². The summed E-state index contributed by atoms with van der Waals surface area (Å²) in [7, 11) is 0. The molecule has 0 heterocycles. The Morgan fingerprint density at radius 2 is 0.333 bits per heavy atom. The molecule has 0 atom stereocenters. The molecule has 0 unspecified atom stereocenters. The maximum atomic E-state index is 11.2. The van der Waals surface area contributed by atoms with Crippen LogP contribution in [0.15, 0.2) is 0 Å². The quantitative estimate of drug-likeness (QED) is 0.366. The monoisotopic (exact) mass is 488 g/mol. The summed E-state index contributed by atoms with van der Waals surface area (Å²) in [6.07, 6.45) is 9.17. The average Bonchev–Trinajstić information content (AvgIpc) is 2.87. The topological polar surface area (TPSA) is 92.2 Å². The zero-order valence-corrected chi connectivity index (χ0v) is 25.6. The van der Waals surface area contributed by atoms with Gasteiger partial charge in [0.05, 0.1) is 0 Å². The van der Waals surface area contributed by atoms with E-state index in [0.29, 0.717) is 0 Å². The van der Waals surface area contributed by atoms with E-state index in [1.807, 2.05) is 83.1 Å². The molecule has 0 radical (unpaired) electrons. The summed E-state index contributed by atoms with van der Waals surface area (Å²) in [5.74, 6) is 0. The van der Waals surface area contributed by atoms with Crippen LogP contribution in [-0.2, 0) is 0 Å². The zero-order chi connectivity index (χ0) is 26.5. The summed E-state index contributed by atoms with van der Waals surface area (Å²) in [6, 6.07) is 0. The fraction of sp³-hybridized carbons (Fsp3) is 1.00. The maximum Gasteiger partial charge on any atom is 4.00 e. The van der Waals surface area contributed by atoms with Crippen LogP contribution in [0.5, 0.6) is 0 Å². The van der Waals surface area contributed by atoms with Gasteiger partial charge in [0.1, 0.15) is 0 Å². The Morgan fingerprint density at radius 1 is 0.273 bits per heavy atom. The summed E-state index contributed by atoms with van der Waals surface area (Å²) < 4.78 is 0. The third-order valence-corrected chi connectivity index (χ3v) is 7.73. The van der Waals surface area contributed by atoms with Crippen LogP contribution < -0.4 is 20.4 Å². The largest absolute Gasteiger partial charge is 4.00 e. The molecular formula is C28H60O4Si. The second kappa shape index (κ2) is 23.8. The van der Waals surface area contributed by atoms with Gasteiger partial charge in [0, 0.05) is 0 Å². The van der Waals surface area contributed by atoms with Crippen molar-refractivity contribution in [3.8, 4) is 0 Å². The van der Waals surface area contributed by atoms with Gasteiger partial charge < -0.3 is 20.4 Å². The van der Waals surface area contributed by atoms with Gasteiger partial charge in [-0.3, -0.25) is 0 Å². The SMILES string of the molecule is CCC([O-])(CC)CC.CCC([O-])(CC)CC.CCC([O-])(CC)CC.CCC([O-])(CC)CC.[Si+4]. The van der Waals surface area contributed by atoms with Crippen molar-refractivity contribution in [2.75, 3.05) is 0 Å². The van der Waals surface area contributed by atoms with Crippen molar-refractivity contribution in [3.05, 3.63) is 0 Å². The number of rotatable bonds is 12. The van der Waals surface area contributed by atoms with E-state index in [0.717, 1.165) is 77.0 Å². The maximum absolute atomic E-state index is 11.2. The molecule has 200 valence electrons. The van der Waals surface area contributed by atoms with E-state index in [2.05, 4.69) is 0 Å². The van der Waals surface area contributed by atoms with Crippen molar-refractivity contribution < 1.29 is 20.4 Å². The fourth-order valence-corrected chi connectivity index (χ4v) is 3.00. The van der Waals surface area contributed by atoms with Crippen molar-refractivity contribution in [3.63, 3.8) is 0 Å². The summed E-state index contributed by atoms with van der Waals surface area (Å²) in [4.78, 5) is 0. The first kappa shape index (κ1) is 43.2. The summed E-state index contributed by atoms with van der Waals surface area (Å²) in [6.45, 7) is 23.5. The third-order valence-electron chi connectivity index (χ3n) is 7.73. The first-order valence-electron chi connectivity index (χ1n) is 13.5. The van der Waals surface area contributed by atoms with Crippen molar-refractivity contribution in [1.29, 1.82) is 0 Å². The minimum Gasteiger partial charge on any atom is -0.849 e. The van der Waals surface area contributed by atoms with E-state index in [9.17, 15) is 20.4 Å². The smallest absolute Gasteiger partial charge is 0.849 e. The molecule has 0 aliphatic heterocycles. The van der Waals surface area contributed by atoms with Crippen LogP contribution in [0.3, 0.4) is 0 Å². The van der Waals surface area contributed by atoms with Crippen LogP contribution in [-0.4, -0.2) is 33.4 Å². The standard InChI is InChI=1S/4C7H15O.Si/c4*1-4-7(8,5-2)6-3;/h4*4-6H2,1-3H3;/q4*-1;+4. The van der Waals surface area contributed by atoms with Gasteiger partial charge >= 0.3 is 11.0 Å². The van der Waals surface area contributed by atoms with Gasteiger partial charge in [-0.25, -0.2) is 0 Å². The first-order chi connectivity index (χ1) is 14.7. The molecule has 5 heteroatoms. The number of hydrogen-bond donors (Lipinski definition) is 0. The Labute approximate surface area is 214 Å². The van der Waals surface area contributed by atoms with Crippen LogP contribution in [0.2, 0.25) is 0 Å². The van der Waals surface area contributed by atoms with Gasteiger partial charge in [0.15, 0.2) is 0 Å². The zero-order valence-electron chi connectivity index (χ0n) is 24.6. The van der Waals surface area contributed by atoms with Crippen molar-refractivity contribution in [1.82, 2.24) is 0 Å². The normalized spacial score (nSPS) is 11.6. The molecule has 0 aromatic carbocycles. The third kappa shape index (κ3) is 22.3. The van der Waals surface area contributed by atoms with Crippen LogP contribution in [0.1, 0.15) is 160 Å². The molecule has 0 N–H and O–H groups in total. The molecular weight excluding hydrogens is 428 g/mol. The van der Waals surface area contributed by atoms with Crippen LogP contribution in [0, 0.1) is 0 Å². The van der Waals surface area contributed by atoms with E-state index < -0.39 is 22.4 Å². The van der Waals surface area contributed by atoms with Gasteiger partial charge in [-0.2, -0.15) is 0 Å². The predicted octanol–water partition coefficient (Wildman–Crippen LogP) is 4.88. The van der Waals surface area contributed by atoms with Crippen LogP contribution in [0.25, 0.3) is 0 Å². The van der Waals surface area contributed by atoms with Gasteiger partial charge in [0.2, 0.25) is 0 Å². The average molecular weight is 489 g/mol. The van der Waals surface area contributed by atoms with Gasteiger partial charge in [-0.15, -0.1) is 22.4 Å². The summed E-state index contributed by atoms with van der Waals surface area (Å²) in [5.41, 5.74) is -2.50. The molecule has 0 aliphatic carbocycles. The number of hydrogen-bond acceptors (Lipinski definition) is 4. The summed E-state index contributed by atoms with van der Waals surface area (Å²) >= 11 is 0. The Hall–Kier alpha value is 0.0569. The molecule has 0 fully saturated rings. The fourth-order valence-electron chi connectivity index (χ4n) is 3.00. The Morgan fingerprint density at radius 3 is 0.333 bits per heavy atom. The van der Waals surface area contributed by atoms with E-state index in [1.54, 1.807) is 0 Å². The van der Waals surface area contributed by atoms with E-state index in [1.165, 1.54) is 0 Å². The predicted molar refractivity (Wildman–Crippen MR) is 140 cm³/mol. The first-order valence-corrected chi connectivity index (χ1v) is 13.5. The molecule has 0 rings (SSSR count). The minimum atomic E-state index is -0.625. The molecule has 0 spiro atoms. The molecule has 0 aromatic rings. The Kier molecular flexibility index (Phi) is 31.1. The van der Waals surface area contributed by atoms with Crippen molar-refractivity contribution >= 4 is 11.0 Å². The van der Waals surface area contributed by atoms with E-state index in [-0.39, 0.29) is 11.0 Å². The van der Waals surface area contributed by atoms with Gasteiger partial charge in [0.25, 0.3) is 0 Å². The minimum absolute atomic E-state index is 0. The molecule has 0 saturated heterocycles. The second-order valence-electron chi connectivity index (χ2n) is 8.97. The molecule has 33 heavy (non-hydrogen) atoms. The second-order valence-corrected chi connectivity index (χ2v) is 8.97. The van der Waals surface area contributed by atoms with Crippen LogP contribution >= 0.6 is 0 Å².